The van der Waals surface area contributed by atoms with Crippen LogP contribution in [0.4, 0.5) is 0 Å². The van der Waals surface area contributed by atoms with Gasteiger partial charge in [0.2, 0.25) is 0 Å². The molecule has 0 fully saturated rings. The lowest BCUT2D eigenvalue weighted by Crippen LogP contribution is -1.78. The van der Waals surface area contributed by atoms with Crippen molar-refractivity contribution in [3.8, 4) is 5.75 Å². The summed E-state index contributed by atoms with van der Waals surface area (Å²) in [5, 5.41) is 8.63. The van der Waals surface area contributed by atoms with Gasteiger partial charge in [-0.2, -0.15) is 0 Å². The minimum Gasteiger partial charge on any atom is -0.508 e. The van der Waals surface area contributed by atoms with Gasteiger partial charge in [0.05, 0.1) is 0 Å². The van der Waals surface area contributed by atoms with E-state index < -0.39 is 0 Å². The predicted molar refractivity (Wildman–Crippen MR) is 80.2 cm³/mol. The van der Waals surface area contributed by atoms with E-state index in [1.54, 1.807) is 24.3 Å². The highest BCUT2D eigenvalue weighted by molar-refractivity contribution is 7.99. The van der Waals surface area contributed by atoms with Crippen molar-refractivity contribution in [2.45, 2.75) is 11.8 Å². The number of benzene rings is 2. The average Bonchev–Trinajstić information content (AvgIpc) is 2.39. The van der Waals surface area contributed by atoms with Crippen LogP contribution in [-0.2, 0) is 0 Å². The van der Waals surface area contributed by atoms with Crippen molar-refractivity contribution in [3.05, 3.63) is 72.8 Å². The van der Waals surface area contributed by atoms with E-state index in [2.05, 4.69) is 37.8 Å². The first kappa shape index (κ1) is 14.4. The summed E-state index contributed by atoms with van der Waals surface area (Å²) in [4.78, 5) is 1.35. The number of thioether (sulfide) groups is 1. The molecule has 0 aliphatic rings. The molecule has 18 heavy (non-hydrogen) atoms. The third-order valence-electron chi connectivity index (χ3n) is 2.21. The van der Waals surface area contributed by atoms with Crippen LogP contribution in [0.25, 0.3) is 0 Å². The minimum absolute atomic E-state index is 0.322. The van der Waals surface area contributed by atoms with E-state index in [0.717, 1.165) is 5.75 Å². The summed E-state index contributed by atoms with van der Waals surface area (Å²) >= 11 is 1.83. The molecule has 0 unspecified atom stereocenters. The van der Waals surface area contributed by atoms with Crippen molar-refractivity contribution >= 4 is 11.8 Å². The Bertz CT molecular complexity index is 466. The molecule has 1 N–H and O–H groups in total. The van der Waals surface area contributed by atoms with Gasteiger partial charge in [0.1, 0.15) is 5.75 Å². The maximum atomic E-state index is 8.63. The number of aryl methyl sites for hydroxylation is 1. The quantitative estimate of drug-likeness (QED) is 0.638. The van der Waals surface area contributed by atoms with Gasteiger partial charge in [0, 0.05) is 10.6 Å². The zero-order valence-corrected chi connectivity index (χ0v) is 11.4. The largest absolute Gasteiger partial charge is 0.508 e. The second-order valence-corrected chi connectivity index (χ2v) is 4.76. The fourth-order valence-corrected chi connectivity index (χ4v) is 2.06. The van der Waals surface area contributed by atoms with Crippen LogP contribution < -0.4 is 0 Å². The molecule has 94 valence electrons. The lowest BCUT2D eigenvalue weighted by Gasteiger charge is -2.01. The SMILES string of the molecule is C=CCSc1ccccc1C.Oc1ccccc1. The Hall–Kier alpha value is -1.67. The molecule has 0 saturated carbocycles. The van der Waals surface area contributed by atoms with E-state index in [1.807, 2.05) is 23.9 Å². The Labute approximate surface area is 113 Å². The van der Waals surface area contributed by atoms with E-state index in [-0.39, 0.29) is 0 Å². The fraction of sp³-hybridized carbons (Fsp3) is 0.125. The van der Waals surface area contributed by atoms with Gasteiger partial charge in [0.25, 0.3) is 0 Å². The summed E-state index contributed by atoms with van der Waals surface area (Å²) in [6.07, 6.45) is 1.93. The third kappa shape index (κ3) is 5.60. The van der Waals surface area contributed by atoms with Crippen LogP contribution >= 0.6 is 11.8 Å². The first-order valence-electron chi connectivity index (χ1n) is 5.77. The number of phenols is 1. The Kier molecular flexibility index (Phi) is 6.74. The standard InChI is InChI=1S/C10H12S.C6H6O/c1-3-8-11-10-7-5-4-6-9(10)2;7-6-4-2-1-3-5-6/h3-7H,1,8H2,2H3;1-5,7H. The summed E-state index contributed by atoms with van der Waals surface area (Å²) in [6, 6.07) is 17.1. The molecular weight excluding hydrogens is 240 g/mol. The molecule has 0 heterocycles. The Morgan fingerprint density at radius 1 is 1.06 bits per heavy atom. The lowest BCUT2D eigenvalue weighted by atomic mass is 10.2. The van der Waals surface area contributed by atoms with Gasteiger partial charge in [-0.1, -0.05) is 42.5 Å². The molecule has 0 aliphatic heterocycles. The Morgan fingerprint density at radius 3 is 2.17 bits per heavy atom. The monoisotopic (exact) mass is 258 g/mol. The van der Waals surface area contributed by atoms with Gasteiger partial charge in [-0.25, -0.2) is 0 Å². The first-order valence-corrected chi connectivity index (χ1v) is 6.76. The summed E-state index contributed by atoms with van der Waals surface area (Å²) in [5.41, 5.74) is 1.35. The molecule has 0 aromatic heterocycles. The summed E-state index contributed by atoms with van der Waals surface area (Å²) in [6.45, 7) is 5.81. The average molecular weight is 258 g/mol. The van der Waals surface area contributed by atoms with Gasteiger partial charge in [-0.15, -0.1) is 18.3 Å². The number of hydrogen-bond acceptors (Lipinski definition) is 2. The second-order valence-electron chi connectivity index (χ2n) is 3.70. The lowest BCUT2D eigenvalue weighted by molar-refractivity contribution is 0.475. The molecule has 0 aliphatic carbocycles. The van der Waals surface area contributed by atoms with Crippen molar-refractivity contribution in [3.63, 3.8) is 0 Å². The van der Waals surface area contributed by atoms with Gasteiger partial charge >= 0.3 is 0 Å². The van der Waals surface area contributed by atoms with E-state index in [1.165, 1.54) is 10.5 Å². The predicted octanol–water partition coefficient (Wildman–Crippen LogP) is 4.67. The van der Waals surface area contributed by atoms with Crippen LogP contribution in [0.5, 0.6) is 5.75 Å². The number of rotatable bonds is 3. The molecule has 0 saturated heterocycles. The minimum atomic E-state index is 0.322. The van der Waals surface area contributed by atoms with Gasteiger partial charge < -0.3 is 5.11 Å². The Balaban J connectivity index is 0.000000199. The van der Waals surface area contributed by atoms with Crippen molar-refractivity contribution < 1.29 is 5.11 Å². The van der Waals surface area contributed by atoms with Crippen molar-refractivity contribution in [1.82, 2.24) is 0 Å². The number of phenolic OH excluding ortho intramolecular Hbond substituents is 1. The van der Waals surface area contributed by atoms with E-state index >= 15 is 0 Å². The number of aromatic hydroxyl groups is 1. The third-order valence-corrected chi connectivity index (χ3v) is 3.38. The van der Waals surface area contributed by atoms with Crippen LogP contribution in [0.15, 0.2) is 72.1 Å². The summed E-state index contributed by atoms with van der Waals surface area (Å²) < 4.78 is 0. The second kappa shape index (κ2) is 8.43. The van der Waals surface area contributed by atoms with Gasteiger partial charge in [0.15, 0.2) is 0 Å². The zero-order chi connectivity index (χ0) is 13.2. The number of para-hydroxylation sites is 1. The molecule has 2 heteroatoms. The van der Waals surface area contributed by atoms with E-state index in [4.69, 9.17) is 5.11 Å². The van der Waals surface area contributed by atoms with E-state index in [9.17, 15) is 0 Å². The van der Waals surface area contributed by atoms with Crippen LogP contribution in [0.1, 0.15) is 5.56 Å². The molecule has 0 radical (unpaired) electrons. The van der Waals surface area contributed by atoms with Crippen LogP contribution in [0.3, 0.4) is 0 Å². The zero-order valence-electron chi connectivity index (χ0n) is 10.5. The molecule has 1 nitrogen and oxygen atoms in total. The van der Waals surface area contributed by atoms with Crippen molar-refractivity contribution in [2.24, 2.45) is 0 Å². The summed E-state index contributed by atoms with van der Waals surface area (Å²) in [5.74, 6) is 1.31. The number of hydrogen-bond donors (Lipinski definition) is 1. The normalized spacial score (nSPS) is 9.17. The smallest absolute Gasteiger partial charge is 0.115 e. The van der Waals surface area contributed by atoms with E-state index in [0.29, 0.717) is 5.75 Å². The van der Waals surface area contributed by atoms with Crippen molar-refractivity contribution in [2.75, 3.05) is 5.75 Å². The van der Waals surface area contributed by atoms with Crippen molar-refractivity contribution in [1.29, 1.82) is 0 Å². The highest BCUT2D eigenvalue weighted by Crippen LogP contribution is 2.21. The van der Waals surface area contributed by atoms with Crippen LogP contribution in [-0.4, -0.2) is 10.9 Å². The Morgan fingerprint density at radius 2 is 1.67 bits per heavy atom. The molecule has 2 rings (SSSR count). The van der Waals surface area contributed by atoms with Crippen LogP contribution in [0, 0.1) is 6.92 Å². The molecule has 0 bridgehead atoms. The first-order chi connectivity index (χ1) is 8.74. The van der Waals surface area contributed by atoms with Crippen LogP contribution in [0.2, 0.25) is 0 Å². The fourth-order valence-electron chi connectivity index (χ4n) is 1.30. The highest BCUT2D eigenvalue weighted by atomic mass is 32.2. The maximum absolute atomic E-state index is 8.63. The van der Waals surface area contributed by atoms with Gasteiger partial charge in [-0.05, 0) is 30.7 Å². The molecule has 0 spiro atoms. The maximum Gasteiger partial charge on any atom is 0.115 e. The molecule has 0 amide bonds. The molecule has 2 aromatic rings. The molecular formula is C16H18OS. The molecule has 2 aromatic carbocycles. The topological polar surface area (TPSA) is 20.2 Å². The molecule has 0 atom stereocenters. The highest BCUT2D eigenvalue weighted by Gasteiger charge is 1.93. The van der Waals surface area contributed by atoms with Gasteiger partial charge in [-0.3, -0.25) is 0 Å². The summed E-state index contributed by atoms with van der Waals surface area (Å²) in [7, 11) is 0.